The minimum absolute atomic E-state index is 0.0967. The van der Waals surface area contributed by atoms with Crippen LogP contribution in [0.4, 0.5) is 0 Å². The Balaban J connectivity index is 2.80. The van der Waals surface area contributed by atoms with Crippen molar-refractivity contribution in [1.29, 1.82) is 0 Å². The van der Waals surface area contributed by atoms with E-state index in [2.05, 4.69) is 0 Å². The molecule has 0 aliphatic carbocycles. The van der Waals surface area contributed by atoms with E-state index in [-0.39, 0.29) is 19.0 Å². The van der Waals surface area contributed by atoms with E-state index in [0.29, 0.717) is 19.5 Å². The lowest BCUT2D eigenvalue weighted by Gasteiger charge is -2.22. The van der Waals surface area contributed by atoms with Gasteiger partial charge in [0.2, 0.25) is 15.9 Å². The van der Waals surface area contributed by atoms with Crippen LogP contribution in [-0.4, -0.2) is 66.0 Å². The van der Waals surface area contributed by atoms with Crippen LogP contribution in [0.25, 0.3) is 0 Å². The van der Waals surface area contributed by atoms with E-state index in [1.54, 1.807) is 4.90 Å². The van der Waals surface area contributed by atoms with Gasteiger partial charge in [0, 0.05) is 33.1 Å². The summed E-state index contributed by atoms with van der Waals surface area (Å²) < 4.78 is 25.2. The summed E-state index contributed by atoms with van der Waals surface area (Å²) in [7, 11) is -3.84. The molecule has 8 heteroatoms. The second-order valence-electron chi connectivity index (χ2n) is 4.28. The predicted octanol–water partition coefficient (Wildman–Crippen LogP) is -0.656. The fourth-order valence-electron chi connectivity index (χ4n) is 1.81. The molecule has 1 unspecified atom stereocenters. The highest BCUT2D eigenvalue weighted by atomic mass is 32.2. The van der Waals surface area contributed by atoms with E-state index in [0.717, 1.165) is 11.2 Å². The number of nitrogens with zero attached hydrogens (tertiary/aromatic N) is 2. The van der Waals surface area contributed by atoms with E-state index in [1.165, 1.54) is 6.92 Å². The summed E-state index contributed by atoms with van der Waals surface area (Å²) in [6, 6.07) is 0. The van der Waals surface area contributed by atoms with Gasteiger partial charge in [0.25, 0.3) is 0 Å². The Morgan fingerprint density at radius 1 is 1.17 bits per heavy atom. The molecule has 0 spiro atoms. The van der Waals surface area contributed by atoms with Crippen LogP contribution in [0.3, 0.4) is 0 Å². The van der Waals surface area contributed by atoms with Crippen molar-refractivity contribution in [3.63, 3.8) is 0 Å². The first-order chi connectivity index (χ1) is 8.26. The standard InChI is InChI=1S/C10H18N2O5S/c1-8(10(14)15)18(16,17)12-5-3-4-11(6-7-12)9(2)13/h8H,3-7H2,1-2H3,(H,14,15). The van der Waals surface area contributed by atoms with Crippen LogP contribution in [0.5, 0.6) is 0 Å². The minimum atomic E-state index is -3.84. The molecule has 0 bridgehead atoms. The van der Waals surface area contributed by atoms with Gasteiger partial charge < -0.3 is 10.0 Å². The van der Waals surface area contributed by atoms with Gasteiger partial charge in [0.05, 0.1) is 0 Å². The lowest BCUT2D eigenvalue weighted by atomic mass is 10.4. The number of carbonyl (C=O) groups excluding carboxylic acids is 1. The summed E-state index contributed by atoms with van der Waals surface area (Å²) in [6.07, 6.45) is 0.519. The lowest BCUT2D eigenvalue weighted by molar-refractivity contribution is -0.136. The second-order valence-corrected chi connectivity index (χ2v) is 6.54. The molecule has 1 rings (SSSR count). The van der Waals surface area contributed by atoms with E-state index >= 15 is 0 Å². The molecule has 1 aliphatic rings. The minimum Gasteiger partial charge on any atom is -0.480 e. The lowest BCUT2D eigenvalue weighted by Crippen LogP contribution is -2.43. The van der Waals surface area contributed by atoms with Crippen molar-refractivity contribution in [3.8, 4) is 0 Å². The maximum Gasteiger partial charge on any atom is 0.323 e. The molecule has 0 radical (unpaired) electrons. The van der Waals surface area contributed by atoms with E-state index in [1.807, 2.05) is 0 Å². The highest BCUT2D eigenvalue weighted by Gasteiger charge is 2.34. The number of aliphatic carboxylic acids is 1. The maximum absolute atomic E-state index is 12.0. The molecule has 1 N–H and O–H groups in total. The third kappa shape index (κ3) is 3.20. The molecule has 1 saturated heterocycles. The van der Waals surface area contributed by atoms with Gasteiger partial charge >= 0.3 is 5.97 Å². The van der Waals surface area contributed by atoms with Gasteiger partial charge in [0.1, 0.15) is 0 Å². The Morgan fingerprint density at radius 3 is 2.28 bits per heavy atom. The number of carboxylic acid groups (broad SMARTS) is 1. The smallest absolute Gasteiger partial charge is 0.323 e. The largest absolute Gasteiger partial charge is 0.480 e. The van der Waals surface area contributed by atoms with Crippen molar-refractivity contribution in [2.24, 2.45) is 0 Å². The van der Waals surface area contributed by atoms with Crippen molar-refractivity contribution >= 4 is 21.9 Å². The highest BCUT2D eigenvalue weighted by molar-refractivity contribution is 7.90. The number of sulfonamides is 1. The van der Waals surface area contributed by atoms with Crippen molar-refractivity contribution < 1.29 is 23.1 Å². The molecule has 1 atom stereocenters. The summed E-state index contributed by atoms with van der Waals surface area (Å²) in [6.45, 7) is 3.81. The van der Waals surface area contributed by atoms with Gasteiger partial charge in [-0.1, -0.05) is 0 Å². The van der Waals surface area contributed by atoms with Crippen LogP contribution in [0.15, 0.2) is 0 Å². The van der Waals surface area contributed by atoms with E-state index in [9.17, 15) is 18.0 Å². The summed E-state index contributed by atoms with van der Waals surface area (Å²) in [4.78, 5) is 23.6. The zero-order chi connectivity index (χ0) is 13.9. The molecule has 0 aromatic heterocycles. The first-order valence-corrected chi connectivity index (χ1v) is 7.24. The molecule has 18 heavy (non-hydrogen) atoms. The molecule has 1 aliphatic heterocycles. The summed E-state index contributed by atoms with van der Waals surface area (Å²) in [5.74, 6) is -1.46. The Morgan fingerprint density at radius 2 is 1.78 bits per heavy atom. The maximum atomic E-state index is 12.0. The predicted molar refractivity (Wildman–Crippen MR) is 64.5 cm³/mol. The fraction of sp³-hybridized carbons (Fsp3) is 0.800. The average molecular weight is 278 g/mol. The van der Waals surface area contributed by atoms with Crippen LogP contribution in [0.2, 0.25) is 0 Å². The summed E-state index contributed by atoms with van der Waals surface area (Å²) >= 11 is 0. The second kappa shape index (κ2) is 5.66. The van der Waals surface area contributed by atoms with Gasteiger partial charge in [-0.05, 0) is 13.3 Å². The molecular weight excluding hydrogens is 260 g/mol. The molecule has 104 valence electrons. The molecule has 0 aromatic rings. The van der Waals surface area contributed by atoms with E-state index < -0.39 is 21.2 Å². The van der Waals surface area contributed by atoms with Crippen molar-refractivity contribution in [1.82, 2.24) is 9.21 Å². The third-order valence-electron chi connectivity index (χ3n) is 3.05. The number of amides is 1. The van der Waals surface area contributed by atoms with E-state index in [4.69, 9.17) is 5.11 Å². The van der Waals surface area contributed by atoms with Crippen molar-refractivity contribution in [2.45, 2.75) is 25.5 Å². The van der Waals surface area contributed by atoms with Crippen molar-refractivity contribution in [2.75, 3.05) is 26.2 Å². The topological polar surface area (TPSA) is 95.0 Å². The Labute approximate surface area is 106 Å². The van der Waals surface area contributed by atoms with Crippen LogP contribution in [0, 0.1) is 0 Å². The van der Waals surface area contributed by atoms with Crippen LogP contribution in [-0.2, 0) is 19.6 Å². The van der Waals surface area contributed by atoms with Crippen LogP contribution < -0.4 is 0 Å². The van der Waals surface area contributed by atoms with Gasteiger partial charge in [-0.2, -0.15) is 4.31 Å². The first kappa shape index (κ1) is 14.9. The SMILES string of the molecule is CC(=O)N1CCCN(S(=O)(=O)C(C)C(=O)O)CC1. The Bertz CT molecular complexity index is 434. The molecule has 7 nitrogen and oxygen atoms in total. The molecule has 0 saturated carbocycles. The molecule has 0 aromatic carbocycles. The number of rotatable bonds is 3. The van der Waals surface area contributed by atoms with Crippen LogP contribution in [0.1, 0.15) is 20.3 Å². The van der Waals surface area contributed by atoms with Gasteiger partial charge in [-0.25, -0.2) is 8.42 Å². The Kier molecular flexibility index (Phi) is 4.69. The molecular formula is C10H18N2O5S. The van der Waals surface area contributed by atoms with Crippen LogP contribution >= 0.6 is 0 Å². The fourth-order valence-corrected chi connectivity index (χ4v) is 3.24. The zero-order valence-electron chi connectivity index (χ0n) is 10.5. The van der Waals surface area contributed by atoms with Gasteiger partial charge in [0.15, 0.2) is 5.25 Å². The van der Waals surface area contributed by atoms with Gasteiger partial charge in [-0.15, -0.1) is 0 Å². The number of hydrogen-bond donors (Lipinski definition) is 1. The first-order valence-electron chi connectivity index (χ1n) is 5.74. The average Bonchev–Trinajstić information content (AvgIpc) is 2.53. The summed E-state index contributed by atoms with van der Waals surface area (Å²) in [5.41, 5.74) is 0. The normalized spacial score (nSPS) is 20.2. The molecule has 1 fully saturated rings. The monoisotopic (exact) mass is 278 g/mol. The number of carbonyl (C=O) groups is 2. The molecule has 1 heterocycles. The summed E-state index contributed by atoms with van der Waals surface area (Å²) in [5, 5.41) is 7.33. The zero-order valence-corrected chi connectivity index (χ0v) is 11.3. The molecule has 1 amide bonds. The highest BCUT2D eigenvalue weighted by Crippen LogP contribution is 2.13. The van der Waals surface area contributed by atoms with Crippen molar-refractivity contribution in [3.05, 3.63) is 0 Å². The number of carboxylic acids is 1. The quantitative estimate of drug-likeness (QED) is 0.739. The van der Waals surface area contributed by atoms with Gasteiger partial charge in [-0.3, -0.25) is 9.59 Å². The Hall–Kier alpha value is -1.15. The number of hydrogen-bond acceptors (Lipinski definition) is 4. The third-order valence-corrected chi connectivity index (χ3v) is 5.23.